The van der Waals surface area contributed by atoms with Crippen LogP contribution in [0.25, 0.3) is 10.8 Å². The van der Waals surface area contributed by atoms with Gasteiger partial charge in [0, 0.05) is 11.6 Å². The Morgan fingerprint density at radius 1 is 1.10 bits per heavy atom. The van der Waals surface area contributed by atoms with Gasteiger partial charge in [0.1, 0.15) is 6.04 Å². The average molecular weight is 431 g/mol. The fourth-order valence-corrected chi connectivity index (χ4v) is 4.77. The zero-order chi connectivity index (χ0) is 21.2. The summed E-state index contributed by atoms with van der Waals surface area (Å²) >= 11 is 6.07. The third kappa shape index (κ3) is 4.71. The van der Waals surface area contributed by atoms with E-state index in [2.05, 4.69) is 5.32 Å². The SMILES string of the molecule is Cc1ccc(Cl)cc1N(C(C)C(=O)NCc1cccc2ccccc12)S(C)(=O)=O. The maximum Gasteiger partial charge on any atom is 0.243 e. The van der Waals surface area contributed by atoms with E-state index < -0.39 is 16.1 Å². The Hall–Kier alpha value is -2.57. The topological polar surface area (TPSA) is 66.5 Å². The summed E-state index contributed by atoms with van der Waals surface area (Å²) < 4.78 is 26.1. The van der Waals surface area contributed by atoms with Crippen LogP contribution in [-0.2, 0) is 21.4 Å². The Morgan fingerprint density at radius 2 is 1.79 bits per heavy atom. The smallest absolute Gasteiger partial charge is 0.243 e. The normalized spacial score (nSPS) is 12.6. The first-order valence-corrected chi connectivity index (χ1v) is 11.4. The first-order valence-electron chi connectivity index (χ1n) is 9.18. The number of hydrogen-bond acceptors (Lipinski definition) is 3. The summed E-state index contributed by atoms with van der Waals surface area (Å²) in [5.74, 6) is -0.386. The molecule has 0 heterocycles. The molecule has 1 atom stereocenters. The van der Waals surface area contributed by atoms with Crippen molar-refractivity contribution in [3.63, 3.8) is 0 Å². The van der Waals surface area contributed by atoms with Gasteiger partial charge in [-0.05, 0) is 47.9 Å². The number of hydrogen-bond donors (Lipinski definition) is 1. The fourth-order valence-electron chi connectivity index (χ4n) is 3.38. The van der Waals surface area contributed by atoms with Crippen molar-refractivity contribution in [3.8, 4) is 0 Å². The van der Waals surface area contributed by atoms with Gasteiger partial charge in [-0.2, -0.15) is 0 Å². The molecule has 0 fully saturated rings. The lowest BCUT2D eigenvalue weighted by atomic mass is 10.0. The number of carbonyl (C=O) groups is 1. The van der Waals surface area contributed by atoms with Gasteiger partial charge in [0.15, 0.2) is 0 Å². The maximum atomic E-state index is 12.9. The van der Waals surface area contributed by atoms with Gasteiger partial charge in [0.2, 0.25) is 15.9 Å². The van der Waals surface area contributed by atoms with Gasteiger partial charge in [-0.25, -0.2) is 8.42 Å². The monoisotopic (exact) mass is 430 g/mol. The highest BCUT2D eigenvalue weighted by molar-refractivity contribution is 7.92. The molecule has 0 saturated heterocycles. The molecule has 0 radical (unpaired) electrons. The van der Waals surface area contributed by atoms with E-state index in [1.165, 1.54) is 0 Å². The van der Waals surface area contributed by atoms with E-state index in [-0.39, 0.29) is 5.91 Å². The molecule has 0 aliphatic heterocycles. The van der Waals surface area contributed by atoms with E-state index in [1.807, 2.05) is 42.5 Å². The molecule has 1 unspecified atom stereocenters. The van der Waals surface area contributed by atoms with Crippen LogP contribution in [0.2, 0.25) is 5.02 Å². The van der Waals surface area contributed by atoms with Crippen LogP contribution in [0, 0.1) is 6.92 Å². The Balaban J connectivity index is 1.85. The molecule has 1 N–H and O–H groups in total. The second-order valence-electron chi connectivity index (χ2n) is 7.02. The van der Waals surface area contributed by atoms with E-state index >= 15 is 0 Å². The largest absolute Gasteiger partial charge is 0.350 e. The number of anilines is 1. The Kier molecular flexibility index (Phi) is 6.15. The molecule has 3 aromatic carbocycles. The lowest BCUT2D eigenvalue weighted by Gasteiger charge is -2.29. The van der Waals surface area contributed by atoms with Crippen molar-refractivity contribution >= 4 is 44.0 Å². The molecule has 0 aliphatic rings. The molecule has 3 rings (SSSR count). The van der Waals surface area contributed by atoms with E-state index in [0.717, 1.165) is 26.9 Å². The van der Waals surface area contributed by atoms with E-state index in [0.29, 0.717) is 22.8 Å². The molecular weight excluding hydrogens is 408 g/mol. The molecule has 7 heteroatoms. The number of amides is 1. The number of aryl methyl sites for hydroxylation is 1. The molecule has 152 valence electrons. The average Bonchev–Trinajstić information content (AvgIpc) is 2.67. The number of sulfonamides is 1. The predicted molar refractivity (Wildman–Crippen MR) is 119 cm³/mol. The summed E-state index contributed by atoms with van der Waals surface area (Å²) in [5, 5.41) is 5.41. The number of fused-ring (bicyclic) bond motifs is 1. The van der Waals surface area contributed by atoms with Crippen molar-refractivity contribution in [2.75, 3.05) is 10.6 Å². The van der Waals surface area contributed by atoms with Crippen molar-refractivity contribution in [2.45, 2.75) is 26.4 Å². The molecular formula is C22H23ClN2O3S. The summed E-state index contributed by atoms with van der Waals surface area (Å²) in [7, 11) is -3.71. The molecule has 0 aromatic heterocycles. The first kappa shape index (κ1) is 21.1. The number of nitrogens with zero attached hydrogens (tertiary/aromatic N) is 1. The third-order valence-electron chi connectivity index (χ3n) is 4.83. The van der Waals surface area contributed by atoms with Crippen molar-refractivity contribution < 1.29 is 13.2 Å². The van der Waals surface area contributed by atoms with Crippen LogP contribution < -0.4 is 9.62 Å². The Morgan fingerprint density at radius 3 is 2.52 bits per heavy atom. The van der Waals surface area contributed by atoms with Gasteiger partial charge in [-0.15, -0.1) is 0 Å². The quantitative estimate of drug-likeness (QED) is 0.635. The summed E-state index contributed by atoms with van der Waals surface area (Å²) in [4.78, 5) is 12.9. The van der Waals surface area contributed by atoms with Crippen molar-refractivity contribution in [1.82, 2.24) is 5.32 Å². The summed E-state index contributed by atoms with van der Waals surface area (Å²) in [5.41, 5.74) is 2.08. The highest BCUT2D eigenvalue weighted by Crippen LogP contribution is 2.28. The second-order valence-corrected chi connectivity index (χ2v) is 9.32. The lowest BCUT2D eigenvalue weighted by molar-refractivity contribution is -0.122. The highest BCUT2D eigenvalue weighted by Gasteiger charge is 2.30. The minimum atomic E-state index is -3.71. The van der Waals surface area contributed by atoms with Gasteiger partial charge < -0.3 is 5.32 Å². The summed E-state index contributed by atoms with van der Waals surface area (Å²) in [6.45, 7) is 3.65. The molecule has 3 aromatic rings. The number of halogens is 1. The minimum absolute atomic E-state index is 0.302. The lowest BCUT2D eigenvalue weighted by Crippen LogP contribution is -2.48. The standard InChI is InChI=1S/C22H23ClN2O3S/c1-15-11-12-19(23)13-21(15)25(29(3,27)28)16(2)22(26)24-14-18-9-6-8-17-7-4-5-10-20(17)18/h4-13,16H,14H2,1-3H3,(H,24,26). The number of benzene rings is 3. The zero-order valence-corrected chi connectivity index (χ0v) is 18.1. The summed E-state index contributed by atoms with van der Waals surface area (Å²) in [6.07, 6.45) is 1.09. The van der Waals surface area contributed by atoms with Crippen LogP contribution in [0.5, 0.6) is 0 Å². The molecule has 0 saturated carbocycles. The van der Waals surface area contributed by atoms with Crippen molar-refractivity contribution in [3.05, 3.63) is 76.8 Å². The van der Waals surface area contributed by atoms with Crippen molar-refractivity contribution in [2.24, 2.45) is 0 Å². The Labute approximate surface area is 176 Å². The van der Waals surface area contributed by atoms with Gasteiger partial charge in [0.25, 0.3) is 0 Å². The third-order valence-corrected chi connectivity index (χ3v) is 6.29. The molecule has 29 heavy (non-hydrogen) atoms. The van der Waals surface area contributed by atoms with E-state index in [9.17, 15) is 13.2 Å². The molecule has 0 spiro atoms. The van der Waals surface area contributed by atoms with Crippen LogP contribution in [0.15, 0.2) is 60.7 Å². The molecule has 5 nitrogen and oxygen atoms in total. The van der Waals surface area contributed by atoms with E-state index in [1.54, 1.807) is 32.0 Å². The van der Waals surface area contributed by atoms with Crippen molar-refractivity contribution in [1.29, 1.82) is 0 Å². The second kappa shape index (κ2) is 8.43. The fraction of sp³-hybridized carbons (Fsp3) is 0.227. The predicted octanol–water partition coefficient (Wildman–Crippen LogP) is 4.27. The van der Waals surface area contributed by atoms with Gasteiger partial charge in [0.05, 0.1) is 11.9 Å². The number of rotatable bonds is 6. The zero-order valence-electron chi connectivity index (χ0n) is 16.5. The molecule has 0 aliphatic carbocycles. The van der Waals surface area contributed by atoms with Crippen LogP contribution in [0.3, 0.4) is 0 Å². The van der Waals surface area contributed by atoms with Gasteiger partial charge in [-0.1, -0.05) is 60.1 Å². The number of nitrogens with one attached hydrogen (secondary N) is 1. The number of carbonyl (C=O) groups excluding carboxylic acids is 1. The van der Waals surface area contributed by atoms with Crippen LogP contribution >= 0.6 is 11.6 Å². The maximum absolute atomic E-state index is 12.9. The first-order chi connectivity index (χ1) is 13.7. The van der Waals surface area contributed by atoms with Gasteiger partial charge in [-0.3, -0.25) is 9.10 Å². The Bertz CT molecular complexity index is 1160. The van der Waals surface area contributed by atoms with Crippen LogP contribution in [-0.4, -0.2) is 26.6 Å². The van der Waals surface area contributed by atoms with Crippen LogP contribution in [0.1, 0.15) is 18.1 Å². The molecule has 0 bridgehead atoms. The minimum Gasteiger partial charge on any atom is -0.350 e. The van der Waals surface area contributed by atoms with E-state index in [4.69, 9.17) is 11.6 Å². The van der Waals surface area contributed by atoms with Gasteiger partial charge >= 0.3 is 0 Å². The van der Waals surface area contributed by atoms with Crippen LogP contribution in [0.4, 0.5) is 5.69 Å². The molecule has 1 amide bonds. The summed E-state index contributed by atoms with van der Waals surface area (Å²) in [6, 6.07) is 17.9. The highest BCUT2D eigenvalue weighted by atomic mass is 35.5.